The highest BCUT2D eigenvalue weighted by Crippen LogP contribution is 2.18. The molecular weight excluding hydrogens is 174 g/mol. The van der Waals surface area contributed by atoms with Crippen molar-refractivity contribution in [2.45, 2.75) is 6.42 Å². The maximum Gasteiger partial charge on any atom is 0.339 e. The minimum absolute atomic E-state index is 0.0775. The molecule has 1 unspecified atom stereocenters. The highest BCUT2D eigenvalue weighted by atomic mass is 32.1. The normalized spacial score (nSPS) is 21.4. The molecule has 12 heavy (non-hydrogen) atoms. The number of hydrogen-bond donors (Lipinski definition) is 1. The number of hydroxylamine groups is 1. The SMILES string of the molecule is O=C1Cc2ccccc2O[NH+]1[S-]. The van der Waals surface area contributed by atoms with E-state index in [0.29, 0.717) is 12.2 Å². The van der Waals surface area contributed by atoms with E-state index in [-0.39, 0.29) is 10.4 Å². The van der Waals surface area contributed by atoms with Crippen molar-refractivity contribution in [2.24, 2.45) is 0 Å². The van der Waals surface area contributed by atoms with Crippen LogP contribution in [0.3, 0.4) is 0 Å². The Balaban J connectivity index is 2.40. The number of quaternary nitrogens is 1. The number of carbonyl (C=O) groups is 1. The van der Waals surface area contributed by atoms with E-state index in [1.807, 2.05) is 24.3 Å². The van der Waals surface area contributed by atoms with Crippen LogP contribution in [0.15, 0.2) is 24.3 Å². The largest absolute Gasteiger partial charge is 0.433 e. The zero-order valence-electron chi connectivity index (χ0n) is 6.24. The number of nitrogens with one attached hydrogen (secondary N) is 1. The molecule has 0 saturated carbocycles. The van der Waals surface area contributed by atoms with Crippen LogP contribution in [0.4, 0.5) is 0 Å². The monoisotopic (exact) mass is 181 g/mol. The Labute approximate surface area is 75.4 Å². The number of amides is 1. The summed E-state index contributed by atoms with van der Waals surface area (Å²) in [6, 6.07) is 7.42. The topological polar surface area (TPSA) is 30.7 Å². The van der Waals surface area contributed by atoms with Crippen LogP contribution in [0.2, 0.25) is 0 Å². The summed E-state index contributed by atoms with van der Waals surface area (Å²) in [7, 11) is 0. The summed E-state index contributed by atoms with van der Waals surface area (Å²) in [5.41, 5.74) is 0.913. The molecule has 1 aliphatic rings. The zero-order valence-corrected chi connectivity index (χ0v) is 7.06. The van der Waals surface area contributed by atoms with Crippen LogP contribution in [0.5, 0.6) is 5.75 Å². The highest BCUT2D eigenvalue weighted by molar-refractivity contribution is 7.51. The molecule has 0 fully saturated rings. The molecule has 0 spiro atoms. The fraction of sp³-hybridized carbons (Fsp3) is 0.125. The van der Waals surface area contributed by atoms with Crippen LogP contribution in [0.1, 0.15) is 5.56 Å². The van der Waals surface area contributed by atoms with E-state index in [2.05, 4.69) is 0 Å². The van der Waals surface area contributed by atoms with E-state index in [0.717, 1.165) is 5.56 Å². The van der Waals surface area contributed by atoms with Crippen LogP contribution >= 0.6 is 0 Å². The van der Waals surface area contributed by atoms with Gasteiger partial charge >= 0.3 is 5.91 Å². The van der Waals surface area contributed by atoms with E-state index in [4.69, 9.17) is 17.7 Å². The second kappa shape index (κ2) is 2.80. The Morgan fingerprint density at radius 2 is 2.17 bits per heavy atom. The Bertz CT molecular complexity index is 327. The molecule has 1 aromatic carbocycles. The molecule has 1 aliphatic heterocycles. The predicted molar refractivity (Wildman–Crippen MR) is 44.1 cm³/mol. The van der Waals surface area contributed by atoms with Gasteiger partial charge in [-0.2, -0.15) is 4.47 Å². The first kappa shape index (κ1) is 7.64. The van der Waals surface area contributed by atoms with Crippen LogP contribution in [-0.4, -0.2) is 5.91 Å². The first-order valence-corrected chi connectivity index (χ1v) is 4.01. The molecule has 0 radical (unpaired) electrons. The molecule has 2 rings (SSSR count). The number of carbonyl (C=O) groups excluding carboxylic acids is 1. The maximum atomic E-state index is 11.1. The van der Waals surface area contributed by atoms with E-state index in [9.17, 15) is 4.79 Å². The number of rotatable bonds is 0. The van der Waals surface area contributed by atoms with E-state index >= 15 is 0 Å². The van der Waals surface area contributed by atoms with Gasteiger partial charge in [0.1, 0.15) is 0 Å². The standard InChI is InChI=1S/C8H7NO2S/c10-8-5-6-3-1-2-4-7(6)11-9(8)12/h1-4,9H,5H2. The Morgan fingerprint density at radius 1 is 1.42 bits per heavy atom. The molecule has 0 aromatic heterocycles. The van der Waals surface area contributed by atoms with Crippen LogP contribution < -0.4 is 9.31 Å². The van der Waals surface area contributed by atoms with Gasteiger partial charge in [0.2, 0.25) is 0 Å². The molecule has 1 aromatic rings. The molecule has 1 N–H and O–H groups in total. The van der Waals surface area contributed by atoms with E-state index in [1.54, 1.807) is 0 Å². The van der Waals surface area contributed by atoms with Gasteiger partial charge in [0.25, 0.3) is 0 Å². The van der Waals surface area contributed by atoms with Crippen LogP contribution in [-0.2, 0) is 24.0 Å². The average molecular weight is 181 g/mol. The summed E-state index contributed by atoms with van der Waals surface area (Å²) in [4.78, 5) is 16.2. The fourth-order valence-electron chi connectivity index (χ4n) is 1.15. The van der Waals surface area contributed by atoms with Crippen LogP contribution in [0, 0.1) is 0 Å². The Hall–Kier alpha value is -1.00. The van der Waals surface area contributed by atoms with Crippen molar-refractivity contribution in [1.82, 2.24) is 0 Å². The summed E-state index contributed by atoms with van der Waals surface area (Å²) in [6.07, 6.45) is 0.370. The van der Waals surface area contributed by atoms with Crippen molar-refractivity contribution in [2.75, 3.05) is 0 Å². The predicted octanol–water partition coefficient (Wildman–Crippen LogP) is -0.590. The molecule has 1 atom stereocenters. The van der Waals surface area contributed by atoms with Gasteiger partial charge in [0.05, 0.1) is 6.42 Å². The summed E-state index contributed by atoms with van der Waals surface area (Å²) in [6.45, 7) is 0. The number of fused-ring (bicyclic) bond motifs is 1. The molecule has 4 heteroatoms. The van der Waals surface area contributed by atoms with E-state index in [1.165, 1.54) is 0 Å². The third-order valence-corrected chi connectivity index (χ3v) is 2.06. The molecule has 0 bridgehead atoms. The van der Waals surface area contributed by atoms with Crippen molar-refractivity contribution in [3.8, 4) is 5.75 Å². The first-order chi connectivity index (χ1) is 5.77. The van der Waals surface area contributed by atoms with Crippen molar-refractivity contribution < 1.29 is 14.1 Å². The smallest absolute Gasteiger partial charge is 0.339 e. The summed E-state index contributed by atoms with van der Waals surface area (Å²) in [5, 5.41) is 0. The van der Waals surface area contributed by atoms with Gasteiger partial charge in [-0.3, -0.25) is 0 Å². The van der Waals surface area contributed by atoms with Crippen molar-refractivity contribution >= 4 is 18.7 Å². The summed E-state index contributed by atoms with van der Waals surface area (Å²) >= 11 is 4.73. The van der Waals surface area contributed by atoms with Gasteiger partial charge in [-0.05, 0) is 6.07 Å². The fourth-order valence-corrected chi connectivity index (χ4v) is 1.31. The van der Waals surface area contributed by atoms with Crippen molar-refractivity contribution in [3.05, 3.63) is 29.8 Å². The lowest BCUT2D eigenvalue weighted by molar-refractivity contribution is -0.872. The molecule has 3 nitrogen and oxygen atoms in total. The average Bonchev–Trinajstić information content (AvgIpc) is 2.07. The van der Waals surface area contributed by atoms with Gasteiger partial charge in [-0.1, -0.05) is 18.2 Å². The van der Waals surface area contributed by atoms with Gasteiger partial charge in [0.15, 0.2) is 5.75 Å². The Morgan fingerprint density at radius 3 is 3.00 bits per heavy atom. The first-order valence-electron chi connectivity index (χ1n) is 3.60. The maximum absolute atomic E-state index is 11.1. The molecular formula is C8H7NO2S. The summed E-state index contributed by atoms with van der Waals surface area (Å²) in [5.74, 6) is 0.603. The van der Waals surface area contributed by atoms with Gasteiger partial charge in [-0.15, -0.1) is 0 Å². The van der Waals surface area contributed by atoms with Crippen molar-refractivity contribution in [1.29, 1.82) is 0 Å². The second-order valence-electron chi connectivity index (χ2n) is 2.60. The number of benzene rings is 1. The molecule has 1 heterocycles. The minimum Gasteiger partial charge on any atom is -0.433 e. The van der Waals surface area contributed by atoms with Crippen molar-refractivity contribution in [3.63, 3.8) is 0 Å². The lowest BCUT2D eigenvalue weighted by Crippen LogP contribution is -3.13. The quantitative estimate of drug-likeness (QED) is 0.543. The molecule has 0 saturated heterocycles. The zero-order chi connectivity index (χ0) is 8.55. The highest BCUT2D eigenvalue weighted by Gasteiger charge is 2.22. The number of hydrogen-bond acceptors (Lipinski definition) is 3. The minimum atomic E-state index is -0.108. The van der Waals surface area contributed by atoms with E-state index < -0.39 is 0 Å². The lowest BCUT2D eigenvalue weighted by atomic mass is 10.1. The van der Waals surface area contributed by atoms with Gasteiger partial charge < -0.3 is 17.7 Å². The molecule has 1 amide bonds. The lowest BCUT2D eigenvalue weighted by Gasteiger charge is -2.24. The van der Waals surface area contributed by atoms with Gasteiger partial charge in [-0.25, -0.2) is 4.79 Å². The summed E-state index contributed by atoms with van der Waals surface area (Å²) < 4.78 is 0.0775. The second-order valence-corrected chi connectivity index (χ2v) is 2.97. The van der Waals surface area contributed by atoms with Gasteiger partial charge in [0, 0.05) is 5.56 Å². The molecule has 0 aliphatic carbocycles. The Kier molecular flexibility index (Phi) is 1.78. The molecule has 62 valence electrons. The number of para-hydroxylation sites is 1. The third-order valence-electron chi connectivity index (χ3n) is 1.75. The third kappa shape index (κ3) is 1.19. The van der Waals surface area contributed by atoms with Crippen LogP contribution in [0.25, 0.3) is 0 Å².